The van der Waals surface area contributed by atoms with E-state index < -0.39 is 23.2 Å². The maximum atomic E-state index is 14.0. The summed E-state index contributed by atoms with van der Waals surface area (Å²) in [5, 5.41) is 4.63. The second kappa shape index (κ2) is 8.90. The summed E-state index contributed by atoms with van der Waals surface area (Å²) in [6.07, 6.45) is 0. The molecule has 0 radical (unpaired) electrons. The molecule has 0 saturated carbocycles. The lowest BCUT2D eigenvalue weighted by Gasteiger charge is -2.23. The van der Waals surface area contributed by atoms with Gasteiger partial charge in [-0.1, -0.05) is 47.1 Å². The molecule has 1 amide bonds. The Labute approximate surface area is 214 Å². The summed E-state index contributed by atoms with van der Waals surface area (Å²) in [4.78, 5) is 28.5. The Morgan fingerprint density at radius 2 is 1.89 bits per heavy atom. The van der Waals surface area contributed by atoms with Crippen LogP contribution in [-0.4, -0.2) is 11.1 Å². The Kier molecular flexibility index (Phi) is 5.53. The minimum atomic E-state index is -0.903. The van der Waals surface area contributed by atoms with Crippen molar-refractivity contribution in [3.05, 3.63) is 122 Å². The minimum Gasteiger partial charge on any atom is -0.489 e. The molecule has 1 aliphatic heterocycles. The van der Waals surface area contributed by atoms with E-state index in [1.165, 1.54) is 17.0 Å². The van der Waals surface area contributed by atoms with Crippen LogP contribution in [0.15, 0.2) is 86.5 Å². The van der Waals surface area contributed by atoms with Crippen molar-refractivity contribution in [2.45, 2.75) is 19.6 Å². The van der Waals surface area contributed by atoms with Gasteiger partial charge in [0.15, 0.2) is 11.2 Å². The minimum absolute atomic E-state index is 0.0425. The maximum Gasteiger partial charge on any atom is 0.296 e. The zero-order valence-corrected chi connectivity index (χ0v) is 20.2. The van der Waals surface area contributed by atoms with Gasteiger partial charge in [-0.15, -0.1) is 0 Å². The summed E-state index contributed by atoms with van der Waals surface area (Å²) in [5.74, 6) is -0.0571. The highest BCUT2D eigenvalue weighted by molar-refractivity contribution is 6.31. The number of nitrogens with zero attached hydrogens (tertiary/aromatic N) is 2. The van der Waals surface area contributed by atoms with Crippen molar-refractivity contribution in [2.24, 2.45) is 0 Å². The number of carbonyl (C=O) groups is 1. The third kappa shape index (κ3) is 3.95. The van der Waals surface area contributed by atoms with Gasteiger partial charge >= 0.3 is 0 Å². The summed E-state index contributed by atoms with van der Waals surface area (Å²) in [6.45, 7) is 1.92. The number of aryl methyl sites for hydroxylation is 1. The molecule has 5 aromatic rings. The number of ether oxygens (including phenoxy) is 1. The van der Waals surface area contributed by atoms with E-state index in [4.69, 9.17) is 25.3 Å². The number of fused-ring (bicyclic) bond motifs is 2. The largest absolute Gasteiger partial charge is 0.489 e. The lowest BCUT2D eigenvalue weighted by molar-refractivity contribution is 0.0969. The summed E-state index contributed by atoms with van der Waals surface area (Å²) in [7, 11) is 0. The molecule has 2 aromatic heterocycles. The fourth-order valence-electron chi connectivity index (χ4n) is 4.51. The molecule has 184 valence electrons. The summed E-state index contributed by atoms with van der Waals surface area (Å²) >= 11 is 6.25. The van der Waals surface area contributed by atoms with E-state index in [2.05, 4.69) is 5.16 Å². The van der Waals surface area contributed by atoms with Crippen molar-refractivity contribution in [1.82, 2.24) is 5.16 Å². The molecule has 0 aliphatic carbocycles. The number of anilines is 1. The third-order valence-corrected chi connectivity index (χ3v) is 6.59. The summed E-state index contributed by atoms with van der Waals surface area (Å²) in [6, 6.07) is 18.7. The summed E-state index contributed by atoms with van der Waals surface area (Å²) in [5.41, 5.74) is 1.09. The van der Waals surface area contributed by atoms with Crippen LogP contribution in [0.3, 0.4) is 0 Å². The lowest BCUT2D eigenvalue weighted by Crippen LogP contribution is -2.29. The summed E-state index contributed by atoms with van der Waals surface area (Å²) < 4.78 is 31.0. The van der Waals surface area contributed by atoms with Crippen LogP contribution < -0.4 is 15.1 Å². The molecule has 37 heavy (non-hydrogen) atoms. The highest BCUT2D eigenvalue weighted by Gasteiger charge is 2.45. The molecule has 3 heterocycles. The first-order chi connectivity index (χ1) is 17.9. The van der Waals surface area contributed by atoms with E-state index in [0.717, 1.165) is 11.6 Å². The number of halogens is 2. The van der Waals surface area contributed by atoms with E-state index in [9.17, 15) is 14.0 Å². The normalized spacial score (nSPS) is 14.8. The molecule has 1 atom stereocenters. The van der Waals surface area contributed by atoms with Crippen LogP contribution in [-0.2, 0) is 6.61 Å². The Balaban J connectivity index is 1.48. The van der Waals surface area contributed by atoms with Crippen molar-refractivity contribution in [3.63, 3.8) is 0 Å². The van der Waals surface area contributed by atoms with E-state index in [1.807, 2.05) is 18.2 Å². The van der Waals surface area contributed by atoms with Gasteiger partial charge in [-0.3, -0.25) is 14.5 Å². The standard InChI is InChI=1S/C28H18ClFN2O5/c1-15-11-23(31-37-15)32-25(16-6-4-7-19(12-16)35-14-17-5-2-3-8-21(17)29)24-26(33)20-13-18(30)9-10-22(20)36-27(24)28(32)34/h2-13,25H,14H2,1H3. The lowest BCUT2D eigenvalue weighted by atomic mass is 9.98. The highest BCUT2D eigenvalue weighted by Crippen LogP contribution is 2.41. The maximum absolute atomic E-state index is 14.0. The van der Waals surface area contributed by atoms with E-state index in [-0.39, 0.29) is 34.7 Å². The van der Waals surface area contributed by atoms with Crippen molar-refractivity contribution < 1.29 is 22.9 Å². The Bertz CT molecular complexity index is 1740. The van der Waals surface area contributed by atoms with Gasteiger partial charge < -0.3 is 13.7 Å². The van der Waals surface area contributed by atoms with Gasteiger partial charge in [0, 0.05) is 16.7 Å². The first-order valence-electron chi connectivity index (χ1n) is 11.4. The fourth-order valence-corrected chi connectivity index (χ4v) is 4.70. The van der Waals surface area contributed by atoms with Crippen molar-refractivity contribution in [2.75, 3.05) is 4.90 Å². The highest BCUT2D eigenvalue weighted by atomic mass is 35.5. The fraction of sp³-hybridized carbons (Fsp3) is 0.107. The molecule has 6 rings (SSSR count). The van der Waals surface area contributed by atoms with Crippen LogP contribution >= 0.6 is 11.6 Å². The van der Waals surface area contributed by atoms with Crippen LogP contribution in [0.25, 0.3) is 11.0 Å². The molecule has 1 unspecified atom stereocenters. The van der Waals surface area contributed by atoms with Crippen LogP contribution in [0, 0.1) is 12.7 Å². The van der Waals surface area contributed by atoms with Crippen LogP contribution in [0.4, 0.5) is 10.2 Å². The first-order valence-corrected chi connectivity index (χ1v) is 11.8. The topological polar surface area (TPSA) is 85.8 Å². The predicted molar refractivity (Wildman–Crippen MR) is 135 cm³/mol. The van der Waals surface area contributed by atoms with Gasteiger partial charge in [-0.05, 0) is 48.9 Å². The van der Waals surface area contributed by atoms with Gasteiger partial charge in [0.2, 0.25) is 5.76 Å². The number of carbonyl (C=O) groups excluding carboxylic acids is 1. The monoisotopic (exact) mass is 516 g/mol. The van der Waals surface area contributed by atoms with Crippen LogP contribution in [0.1, 0.15) is 39.0 Å². The van der Waals surface area contributed by atoms with E-state index in [1.54, 1.807) is 43.3 Å². The van der Waals surface area contributed by atoms with E-state index >= 15 is 0 Å². The predicted octanol–water partition coefficient (Wildman–Crippen LogP) is 6.21. The number of hydrogen-bond acceptors (Lipinski definition) is 6. The average Bonchev–Trinajstić information content (AvgIpc) is 3.45. The Hall–Kier alpha value is -4.43. The molecule has 0 saturated heterocycles. The number of benzene rings is 3. The number of rotatable bonds is 5. The first kappa shape index (κ1) is 23.0. The number of amides is 1. The molecule has 0 N–H and O–H groups in total. The van der Waals surface area contributed by atoms with Gasteiger partial charge in [-0.25, -0.2) is 4.39 Å². The third-order valence-electron chi connectivity index (χ3n) is 6.22. The zero-order valence-electron chi connectivity index (χ0n) is 19.4. The van der Waals surface area contributed by atoms with Crippen LogP contribution in [0.5, 0.6) is 5.75 Å². The van der Waals surface area contributed by atoms with Crippen molar-refractivity contribution in [1.29, 1.82) is 0 Å². The Morgan fingerprint density at radius 3 is 2.68 bits per heavy atom. The average molecular weight is 517 g/mol. The van der Waals surface area contributed by atoms with Crippen molar-refractivity contribution >= 4 is 34.3 Å². The van der Waals surface area contributed by atoms with Crippen molar-refractivity contribution in [3.8, 4) is 5.75 Å². The quantitative estimate of drug-likeness (QED) is 0.276. The second-order valence-corrected chi connectivity index (χ2v) is 9.05. The zero-order chi connectivity index (χ0) is 25.7. The molecule has 0 bridgehead atoms. The van der Waals surface area contributed by atoms with E-state index in [0.29, 0.717) is 22.1 Å². The molecule has 3 aromatic carbocycles. The molecular weight excluding hydrogens is 499 g/mol. The smallest absolute Gasteiger partial charge is 0.296 e. The molecule has 7 nitrogen and oxygen atoms in total. The number of aromatic nitrogens is 1. The molecule has 0 spiro atoms. The molecule has 9 heteroatoms. The van der Waals surface area contributed by atoms with Gasteiger partial charge in [0.1, 0.15) is 29.5 Å². The molecular formula is C28H18ClFN2O5. The van der Waals surface area contributed by atoms with Gasteiger partial charge in [-0.2, -0.15) is 0 Å². The van der Waals surface area contributed by atoms with Crippen LogP contribution in [0.2, 0.25) is 5.02 Å². The van der Waals surface area contributed by atoms with Gasteiger partial charge in [0.25, 0.3) is 5.91 Å². The number of hydrogen-bond donors (Lipinski definition) is 0. The SMILES string of the molecule is Cc1cc(N2C(=O)c3oc4ccc(F)cc4c(=O)c3C2c2cccc(OCc3ccccc3Cl)c2)no1. The molecule has 0 fully saturated rings. The van der Waals surface area contributed by atoms with Gasteiger partial charge in [0.05, 0.1) is 17.0 Å². The molecule has 1 aliphatic rings. The second-order valence-electron chi connectivity index (χ2n) is 8.64. The Morgan fingerprint density at radius 1 is 1.05 bits per heavy atom.